The number of likely N-dealkylation sites (tertiary alicyclic amines) is 1. The second-order valence-electron chi connectivity index (χ2n) is 5.30. The van der Waals surface area contributed by atoms with Gasteiger partial charge in [-0.1, -0.05) is 13.3 Å². The highest BCUT2D eigenvalue weighted by Crippen LogP contribution is 2.20. The van der Waals surface area contributed by atoms with Crippen LogP contribution in [0.15, 0.2) is 4.99 Å². The second kappa shape index (κ2) is 7.71. The van der Waals surface area contributed by atoms with Crippen LogP contribution in [0.5, 0.6) is 0 Å². The number of nitrogens with zero attached hydrogens (tertiary/aromatic N) is 3. The van der Waals surface area contributed by atoms with Crippen molar-refractivity contribution in [2.24, 2.45) is 4.99 Å². The Balaban J connectivity index is 2.41. The summed E-state index contributed by atoms with van der Waals surface area (Å²) in [6.07, 6.45) is -1.22. The van der Waals surface area contributed by atoms with Crippen molar-refractivity contribution in [3.63, 3.8) is 0 Å². The predicted molar refractivity (Wildman–Crippen MR) is 74.9 cm³/mol. The molecule has 0 aliphatic carbocycles. The zero-order valence-corrected chi connectivity index (χ0v) is 12.5. The van der Waals surface area contributed by atoms with Crippen molar-refractivity contribution in [3.05, 3.63) is 0 Å². The summed E-state index contributed by atoms with van der Waals surface area (Å²) >= 11 is 0. The molecule has 0 aromatic heterocycles. The van der Waals surface area contributed by atoms with E-state index in [1.807, 2.05) is 11.9 Å². The maximum absolute atomic E-state index is 12.3. The van der Waals surface area contributed by atoms with Gasteiger partial charge in [0.15, 0.2) is 5.96 Å². The molecule has 118 valence electrons. The fourth-order valence-electron chi connectivity index (χ4n) is 2.38. The van der Waals surface area contributed by atoms with E-state index in [1.165, 1.54) is 4.90 Å². The van der Waals surface area contributed by atoms with Gasteiger partial charge < -0.3 is 10.2 Å². The molecule has 0 aromatic carbocycles. The SMILES string of the molecule is CCCCN(C)C(=NC)NC1CCN(CC(F)(F)F)C1. The molecule has 1 atom stereocenters. The minimum absolute atomic E-state index is 0.0418. The molecular formula is C13H25F3N4. The third-order valence-electron chi connectivity index (χ3n) is 3.43. The Hall–Kier alpha value is -0.980. The summed E-state index contributed by atoms with van der Waals surface area (Å²) in [6.45, 7) is 3.09. The van der Waals surface area contributed by atoms with Crippen molar-refractivity contribution < 1.29 is 13.2 Å². The average molecular weight is 294 g/mol. The Morgan fingerprint density at radius 3 is 2.70 bits per heavy atom. The summed E-state index contributed by atoms with van der Waals surface area (Å²) in [5.41, 5.74) is 0. The molecule has 0 radical (unpaired) electrons. The van der Waals surface area contributed by atoms with E-state index in [9.17, 15) is 13.2 Å². The van der Waals surface area contributed by atoms with Crippen molar-refractivity contribution in [2.75, 3.05) is 40.3 Å². The molecule has 1 heterocycles. The first-order chi connectivity index (χ1) is 9.35. The summed E-state index contributed by atoms with van der Waals surface area (Å²) in [6, 6.07) is 0.0418. The van der Waals surface area contributed by atoms with Crippen LogP contribution in [0.4, 0.5) is 13.2 Å². The number of nitrogens with one attached hydrogen (secondary N) is 1. The van der Waals surface area contributed by atoms with E-state index in [1.54, 1.807) is 7.05 Å². The lowest BCUT2D eigenvalue weighted by Gasteiger charge is -2.25. The maximum atomic E-state index is 12.3. The Morgan fingerprint density at radius 2 is 2.15 bits per heavy atom. The zero-order valence-electron chi connectivity index (χ0n) is 12.5. The molecule has 1 N–H and O–H groups in total. The Morgan fingerprint density at radius 1 is 1.45 bits per heavy atom. The highest BCUT2D eigenvalue weighted by molar-refractivity contribution is 5.79. The Labute approximate surface area is 119 Å². The van der Waals surface area contributed by atoms with E-state index < -0.39 is 12.7 Å². The molecule has 1 rings (SSSR count). The smallest absolute Gasteiger partial charge is 0.352 e. The predicted octanol–water partition coefficient (Wildman–Crippen LogP) is 1.93. The van der Waals surface area contributed by atoms with E-state index in [2.05, 4.69) is 17.2 Å². The van der Waals surface area contributed by atoms with Crippen LogP contribution in [0.25, 0.3) is 0 Å². The second-order valence-corrected chi connectivity index (χ2v) is 5.30. The third-order valence-corrected chi connectivity index (χ3v) is 3.43. The topological polar surface area (TPSA) is 30.9 Å². The molecule has 1 unspecified atom stereocenters. The van der Waals surface area contributed by atoms with Crippen LogP contribution in [0.2, 0.25) is 0 Å². The molecule has 1 aliphatic rings. The normalized spacial score (nSPS) is 21.3. The number of aliphatic imine (C=N–C) groups is 1. The highest BCUT2D eigenvalue weighted by Gasteiger charge is 2.34. The first kappa shape index (κ1) is 17.1. The van der Waals surface area contributed by atoms with Gasteiger partial charge >= 0.3 is 6.18 Å². The molecule has 0 aromatic rings. The minimum Gasteiger partial charge on any atom is -0.352 e. The molecule has 1 aliphatic heterocycles. The number of alkyl halides is 3. The van der Waals surface area contributed by atoms with Gasteiger partial charge in [0.1, 0.15) is 0 Å². The number of hydrogen-bond acceptors (Lipinski definition) is 2. The van der Waals surface area contributed by atoms with Crippen LogP contribution in [-0.4, -0.2) is 68.3 Å². The molecule has 0 spiro atoms. The Kier molecular flexibility index (Phi) is 6.58. The van der Waals surface area contributed by atoms with Gasteiger partial charge in [0, 0.05) is 39.8 Å². The maximum Gasteiger partial charge on any atom is 0.401 e. The standard InChI is InChI=1S/C13H25F3N4/c1-4-5-7-19(3)12(17-2)18-11-6-8-20(9-11)10-13(14,15)16/h11H,4-10H2,1-3H3,(H,17,18). The summed E-state index contributed by atoms with van der Waals surface area (Å²) < 4.78 is 37.0. The van der Waals surface area contributed by atoms with Gasteiger partial charge in [-0.15, -0.1) is 0 Å². The van der Waals surface area contributed by atoms with Crippen molar-refractivity contribution in [2.45, 2.75) is 38.4 Å². The fraction of sp³-hybridized carbons (Fsp3) is 0.923. The number of guanidine groups is 1. The van der Waals surface area contributed by atoms with E-state index in [4.69, 9.17) is 0 Å². The molecule has 0 saturated carbocycles. The molecule has 20 heavy (non-hydrogen) atoms. The summed E-state index contributed by atoms with van der Waals surface area (Å²) in [4.78, 5) is 7.66. The molecular weight excluding hydrogens is 269 g/mol. The summed E-state index contributed by atoms with van der Waals surface area (Å²) in [5, 5.41) is 3.26. The summed E-state index contributed by atoms with van der Waals surface area (Å²) in [5.74, 6) is 0.761. The fourth-order valence-corrected chi connectivity index (χ4v) is 2.38. The minimum atomic E-state index is -4.12. The average Bonchev–Trinajstić information content (AvgIpc) is 2.78. The number of rotatable bonds is 5. The first-order valence-corrected chi connectivity index (χ1v) is 7.09. The lowest BCUT2D eigenvalue weighted by molar-refractivity contribution is -0.143. The van der Waals surface area contributed by atoms with Crippen molar-refractivity contribution >= 4 is 5.96 Å². The summed E-state index contributed by atoms with van der Waals surface area (Å²) in [7, 11) is 3.65. The van der Waals surface area contributed by atoms with Gasteiger partial charge in [0.05, 0.1) is 6.54 Å². The van der Waals surface area contributed by atoms with Gasteiger partial charge in [-0.25, -0.2) is 0 Å². The third kappa shape index (κ3) is 5.98. The van der Waals surface area contributed by atoms with Crippen molar-refractivity contribution in [1.29, 1.82) is 0 Å². The number of halogens is 3. The van der Waals surface area contributed by atoms with Gasteiger partial charge in [0.2, 0.25) is 0 Å². The number of unbranched alkanes of at least 4 members (excludes halogenated alkanes) is 1. The molecule has 4 nitrogen and oxygen atoms in total. The van der Waals surface area contributed by atoms with E-state index >= 15 is 0 Å². The number of hydrogen-bond donors (Lipinski definition) is 1. The van der Waals surface area contributed by atoms with Gasteiger partial charge in [-0.3, -0.25) is 9.89 Å². The molecule has 0 amide bonds. The van der Waals surface area contributed by atoms with Crippen LogP contribution < -0.4 is 5.32 Å². The van der Waals surface area contributed by atoms with Crippen molar-refractivity contribution in [3.8, 4) is 0 Å². The van der Waals surface area contributed by atoms with E-state index in [0.29, 0.717) is 13.1 Å². The molecule has 1 fully saturated rings. The van der Waals surface area contributed by atoms with Gasteiger partial charge in [0.25, 0.3) is 0 Å². The quantitative estimate of drug-likeness (QED) is 0.621. The highest BCUT2D eigenvalue weighted by atomic mass is 19.4. The zero-order chi connectivity index (χ0) is 15.2. The van der Waals surface area contributed by atoms with Gasteiger partial charge in [-0.05, 0) is 12.8 Å². The Bertz CT molecular complexity index is 317. The lowest BCUT2D eigenvalue weighted by atomic mass is 10.2. The monoisotopic (exact) mass is 294 g/mol. The molecule has 1 saturated heterocycles. The molecule has 0 bridgehead atoms. The van der Waals surface area contributed by atoms with Crippen LogP contribution in [0.3, 0.4) is 0 Å². The van der Waals surface area contributed by atoms with Crippen LogP contribution in [0.1, 0.15) is 26.2 Å². The van der Waals surface area contributed by atoms with E-state index in [-0.39, 0.29) is 6.04 Å². The first-order valence-electron chi connectivity index (χ1n) is 7.09. The largest absolute Gasteiger partial charge is 0.401 e. The molecule has 7 heteroatoms. The van der Waals surface area contributed by atoms with Gasteiger partial charge in [-0.2, -0.15) is 13.2 Å². The van der Waals surface area contributed by atoms with Crippen molar-refractivity contribution in [1.82, 2.24) is 15.1 Å². The van der Waals surface area contributed by atoms with Crippen LogP contribution in [0, 0.1) is 0 Å². The van der Waals surface area contributed by atoms with Crippen LogP contribution >= 0.6 is 0 Å². The lowest BCUT2D eigenvalue weighted by Crippen LogP contribution is -2.46. The van der Waals surface area contributed by atoms with Crippen LogP contribution in [-0.2, 0) is 0 Å². The van der Waals surface area contributed by atoms with E-state index in [0.717, 1.165) is 31.8 Å².